The molecule has 0 radical (unpaired) electrons. The molecule has 0 unspecified atom stereocenters. The molecule has 1 aliphatic heterocycles. The first-order chi connectivity index (χ1) is 11.9. The Kier molecular flexibility index (Phi) is 4.73. The van der Waals surface area contributed by atoms with E-state index in [0.29, 0.717) is 18.7 Å². The van der Waals surface area contributed by atoms with Gasteiger partial charge in [0.1, 0.15) is 4.90 Å². The number of halogens is 1. The van der Waals surface area contributed by atoms with Crippen LogP contribution in [0.2, 0.25) is 5.02 Å². The Morgan fingerprint density at radius 1 is 1.24 bits per heavy atom. The Labute approximate surface area is 151 Å². The van der Waals surface area contributed by atoms with Crippen LogP contribution in [0.1, 0.15) is 15.9 Å². The summed E-state index contributed by atoms with van der Waals surface area (Å²) in [4.78, 5) is 17.0. The maximum absolute atomic E-state index is 13.1. The molecule has 0 aliphatic carbocycles. The van der Waals surface area contributed by atoms with E-state index in [-0.39, 0.29) is 15.5 Å². The zero-order chi connectivity index (χ0) is 18.2. The zero-order valence-corrected chi connectivity index (χ0v) is 15.3. The number of hydrogen-bond donors (Lipinski definition) is 0. The highest BCUT2D eigenvalue weighted by Crippen LogP contribution is 2.35. The van der Waals surface area contributed by atoms with E-state index in [1.54, 1.807) is 12.1 Å². The number of carbonyl (C=O) groups is 1. The largest absolute Gasteiger partial charge is 0.277 e. The van der Waals surface area contributed by atoms with E-state index >= 15 is 0 Å². The van der Waals surface area contributed by atoms with E-state index in [0.717, 1.165) is 10.6 Å². The third-order valence-corrected chi connectivity index (χ3v) is 6.45. The summed E-state index contributed by atoms with van der Waals surface area (Å²) in [7, 11) is -1.08. The third-order valence-electron chi connectivity index (χ3n) is 4.15. The van der Waals surface area contributed by atoms with Gasteiger partial charge < -0.3 is 0 Å². The fourth-order valence-electron chi connectivity index (χ4n) is 2.78. The molecule has 0 N–H and O–H groups in total. The molecule has 2 aromatic rings. The van der Waals surface area contributed by atoms with E-state index in [1.807, 2.05) is 12.1 Å². The van der Waals surface area contributed by atoms with Gasteiger partial charge >= 0.3 is 0 Å². The fraction of sp³-hybridized carbons (Fsp3) is 0.235. The van der Waals surface area contributed by atoms with Crippen molar-refractivity contribution in [2.75, 3.05) is 25.0 Å². The van der Waals surface area contributed by atoms with Crippen molar-refractivity contribution < 1.29 is 18.0 Å². The number of nitrogens with zero attached hydrogens (tertiary/aromatic N) is 2. The van der Waals surface area contributed by atoms with Crippen LogP contribution in [0.5, 0.6) is 0 Å². The van der Waals surface area contributed by atoms with Crippen LogP contribution in [-0.2, 0) is 21.3 Å². The van der Waals surface area contributed by atoms with Crippen molar-refractivity contribution in [2.45, 2.75) is 11.3 Å². The molecule has 0 bridgehead atoms. The van der Waals surface area contributed by atoms with Gasteiger partial charge in [0.2, 0.25) is 0 Å². The van der Waals surface area contributed by atoms with E-state index in [1.165, 1.54) is 36.7 Å². The van der Waals surface area contributed by atoms with Crippen LogP contribution in [0, 0.1) is 0 Å². The first-order valence-electron chi connectivity index (χ1n) is 7.58. The highest BCUT2D eigenvalue weighted by Gasteiger charge is 2.32. The molecule has 0 aromatic heterocycles. The van der Waals surface area contributed by atoms with E-state index in [9.17, 15) is 13.2 Å². The van der Waals surface area contributed by atoms with Crippen LogP contribution in [0.25, 0.3) is 0 Å². The summed E-state index contributed by atoms with van der Waals surface area (Å²) in [6.07, 6.45) is 0.637. The number of hydrogen-bond acceptors (Lipinski definition) is 4. The molecule has 1 amide bonds. The molecule has 3 rings (SSSR count). The number of amides is 1. The summed E-state index contributed by atoms with van der Waals surface area (Å²) in [5.74, 6) is -0.461. The summed E-state index contributed by atoms with van der Waals surface area (Å²) in [6.45, 7) is 0.341. The molecule has 1 aliphatic rings. The summed E-state index contributed by atoms with van der Waals surface area (Å²) < 4.78 is 27.6. The topological polar surface area (TPSA) is 66.9 Å². The second-order valence-corrected chi connectivity index (χ2v) is 7.82. The molecular weight excluding hydrogens is 364 g/mol. The van der Waals surface area contributed by atoms with Crippen LogP contribution in [-0.4, -0.2) is 40.1 Å². The lowest BCUT2D eigenvalue weighted by atomic mass is 10.2. The van der Waals surface area contributed by atoms with Crippen LogP contribution >= 0.6 is 11.6 Å². The molecule has 132 valence electrons. The van der Waals surface area contributed by atoms with Crippen LogP contribution in [0.15, 0.2) is 47.4 Å². The molecule has 0 saturated heterocycles. The van der Waals surface area contributed by atoms with Crippen LogP contribution < -0.4 is 4.31 Å². The number of anilines is 1. The van der Waals surface area contributed by atoms with Crippen LogP contribution in [0.3, 0.4) is 0 Å². The van der Waals surface area contributed by atoms with Crippen molar-refractivity contribution in [1.29, 1.82) is 0 Å². The molecule has 0 spiro atoms. The third kappa shape index (κ3) is 3.10. The minimum Gasteiger partial charge on any atom is -0.274 e. The molecule has 8 heteroatoms. The molecular formula is C17H17ClN2O4S. The second-order valence-electron chi connectivity index (χ2n) is 5.59. The number of rotatable bonds is 4. The average molecular weight is 381 g/mol. The number of benzene rings is 2. The molecule has 6 nitrogen and oxygen atoms in total. The highest BCUT2D eigenvalue weighted by molar-refractivity contribution is 7.93. The Balaban J connectivity index is 2.05. The van der Waals surface area contributed by atoms with E-state index < -0.39 is 15.9 Å². The van der Waals surface area contributed by atoms with Gasteiger partial charge in [0.25, 0.3) is 15.9 Å². The monoisotopic (exact) mass is 380 g/mol. The summed E-state index contributed by atoms with van der Waals surface area (Å²) in [5.41, 5.74) is 1.79. The number of hydroxylamine groups is 2. The molecule has 0 fully saturated rings. The Morgan fingerprint density at radius 3 is 2.68 bits per heavy atom. The average Bonchev–Trinajstić information content (AvgIpc) is 3.05. The smallest absolute Gasteiger partial charge is 0.274 e. The number of para-hydroxylation sites is 1. The second kappa shape index (κ2) is 6.67. The van der Waals surface area contributed by atoms with Crippen molar-refractivity contribution >= 4 is 33.2 Å². The van der Waals surface area contributed by atoms with Gasteiger partial charge in [-0.1, -0.05) is 29.8 Å². The Hall–Kier alpha value is -2.09. The van der Waals surface area contributed by atoms with Crippen molar-refractivity contribution in [3.05, 3.63) is 58.6 Å². The van der Waals surface area contributed by atoms with Gasteiger partial charge in [-0.2, -0.15) is 0 Å². The van der Waals surface area contributed by atoms with Crippen molar-refractivity contribution in [3.8, 4) is 0 Å². The summed E-state index contributed by atoms with van der Waals surface area (Å²) in [5, 5.41) is 1.09. The highest BCUT2D eigenvalue weighted by atomic mass is 35.5. The van der Waals surface area contributed by atoms with Crippen molar-refractivity contribution in [1.82, 2.24) is 5.06 Å². The lowest BCUT2D eigenvalue weighted by Crippen LogP contribution is -2.30. The zero-order valence-electron chi connectivity index (χ0n) is 13.8. The number of carbonyl (C=O) groups excluding carboxylic acids is 1. The van der Waals surface area contributed by atoms with Gasteiger partial charge in [-0.25, -0.2) is 13.5 Å². The predicted octanol–water partition coefficient (Wildman–Crippen LogP) is 2.72. The maximum Gasteiger partial charge on any atom is 0.277 e. The molecule has 1 heterocycles. The lowest BCUT2D eigenvalue weighted by molar-refractivity contribution is -0.0757. The summed E-state index contributed by atoms with van der Waals surface area (Å²) >= 11 is 6.14. The lowest BCUT2D eigenvalue weighted by Gasteiger charge is -2.21. The van der Waals surface area contributed by atoms with Gasteiger partial charge in [-0.05, 0) is 36.2 Å². The van der Waals surface area contributed by atoms with Crippen molar-refractivity contribution in [3.63, 3.8) is 0 Å². The fourth-order valence-corrected chi connectivity index (χ4v) is 4.78. The molecule has 0 atom stereocenters. The van der Waals surface area contributed by atoms with E-state index in [4.69, 9.17) is 16.4 Å². The van der Waals surface area contributed by atoms with Crippen LogP contribution in [0.4, 0.5) is 5.69 Å². The maximum atomic E-state index is 13.1. The van der Waals surface area contributed by atoms with Gasteiger partial charge in [0.05, 0.1) is 17.8 Å². The number of sulfonamides is 1. The Bertz CT molecular complexity index is 930. The van der Waals surface area contributed by atoms with Gasteiger partial charge in [-0.15, -0.1) is 0 Å². The SMILES string of the molecule is CON(C)C(=O)c1ccc(Cl)c(S(=O)(=O)N2CCc3ccccc32)c1. The van der Waals surface area contributed by atoms with Gasteiger partial charge in [-0.3, -0.25) is 13.9 Å². The predicted molar refractivity (Wildman–Crippen MR) is 95.2 cm³/mol. The molecule has 2 aromatic carbocycles. The quantitative estimate of drug-likeness (QED) is 0.765. The molecule has 0 saturated carbocycles. The normalized spacial score (nSPS) is 13.6. The standard InChI is InChI=1S/C17H17ClN2O4S/c1-19(24-2)17(21)13-7-8-14(18)16(11-13)25(22,23)20-10-9-12-5-3-4-6-15(12)20/h3-8,11H,9-10H2,1-2H3. The minimum absolute atomic E-state index is 0.0704. The molecule has 25 heavy (non-hydrogen) atoms. The van der Waals surface area contributed by atoms with Gasteiger partial charge in [0, 0.05) is 19.2 Å². The van der Waals surface area contributed by atoms with E-state index in [2.05, 4.69) is 0 Å². The first kappa shape index (κ1) is 17.7. The number of fused-ring (bicyclic) bond motifs is 1. The van der Waals surface area contributed by atoms with Gasteiger partial charge in [0.15, 0.2) is 0 Å². The van der Waals surface area contributed by atoms with Crippen molar-refractivity contribution in [2.24, 2.45) is 0 Å². The summed E-state index contributed by atoms with van der Waals surface area (Å²) in [6, 6.07) is 11.5. The first-order valence-corrected chi connectivity index (χ1v) is 9.40. The minimum atomic E-state index is -3.88. The Morgan fingerprint density at radius 2 is 1.96 bits per heavy atom.